The van der Waals surface area contributed by atoms with Gasteiger partial charge in [0.05, 0.1) is 19.3 Å². The van der Waals surface area contributed by atoms with Gasteiger partial charge in [0.1, 0.15) is 5.75 Å². The Morgan fingerprint density at radius 3 is 2.77 bits per heavy atom. The van der Waals surface area contributed by atoms with Crippen LogP contribution in [0.1, 0.15) is 11.5 Å². The Bertz CT molecular complexity index is 883. The molecule has 0 fully saturated rings. The zero-order valence-corrected chi connectivity index (χ0v) is 15.5. The van der Waals surface area contributed by atoms with Crippen LogP contribution in [0.15, 0.2) is 58.2 Å². The molecule has 0 atom stereocenters. The molecule has 0 saturated heterocycles. The van der Waals surface area contributed by atoms with Gasteiger partial charge in [-0.3, -0.25) is 4.79 Å². The van der Waals surface area contributed by atoms with E-state index in [1.807, 2.05) is 24.3 Å². The molecule has 134 valence electrons. The molecule has 2 aromatic carbocycles. The van der Waals surface area contributed by atoms with Gasteiger partial charge >= 0.3 is 0 Å². The highest BCUT2D eigenvalue weighted by Crippen LogP contribution is 2.20. The van der Waals surface area contributed by atoms with Crippen LogP contribution in [-0.2, 0) is 11.2 Å². The maximum atomic E-state index is 12.0. The third-order valence-electron chi connectivity index (χ3n) is 3.40. The van der Waals surface area contributed by atoms with Gasteiger partial charge in [-0.25, -0.2) is 0 Å². The van der Waals surface area contributed by atoms with Crippen LogP contribution in [0, 0.1) is 0 Å². The molecule has 0 bridgehead atoms. The van der Waals surface area contributed by atoms with E-state index in [1.54, 1.807) is 31.4 Å². The third-order valence-corrected chi connectivity index (χ3v) is 4.45. The Morgan fingerprint density at radius 1 is 1.23 bits per heavy atom. The van der Waals surface area contributed by atoms with Crippen LogP contribution in [0.25, 0.3) is 0 Å². The summed E-state index contributed by atoms with van der Waals surface area (Å²) in [5, 5.41) is 11.7. The highest BCUT2D eigenvalue weighted by Gasteiger charge is 2.11. The van der Waals surface area contributed by atoms with E-state index >= 15 is 0 Å². The highest BCUT2D eigenvalue weighted by atomic mass is 35.5. The number of hydrogen-bond donors (Lipinski definition) is 1. The summed E-state index contributed by atoms with van der Waals surface area (Å²) in [6, 6.07) is 14.6. The predicted octanol–water partition coefficient (Wildman–Crippen LogP) is 4.05. The van der Waals surface area contributed by atoms with Crippen molar-refractivity contribution in [2.24, 2.45) is 0 Å². The Kier molecular flexibility index (Phi) is 6.14. The number of carbonyl (C=O) groups is 1. The maximum absolute atomic E-state index is 12.0. The number of carbonyl (C=O) groups excluding carboxylic acids is 1. The van der Waals surface area contributed by atoms with Crippen molar-refractivity contribution >= 4 is 35.0 Å². The summed E-state index contributed by atoms with van der Waals surface area (Å²) < 4.78 is 10.7. The summed E-state index contributed by atoms with van der Waals surface area (Å²) in [5.74, 6) is 1.28. The molecule has 1 heterocycles. The number of hydrogen-bond acceptors (Lipinski definition) is 6. The molecule has 0 aliphatic heterocycles. The van der Waals surface area contributed by atoms with Gasteiger partial charge in [0, 0.05) is 10.7 Å². The molecule has 0 aliphatic rings. The van der Waals surface area contributed by atoms with E-state index in [1.165, 1.54) is 11.8 Å². The normalized spacial score (nSPS) is 10.5. The standard InChI is InChI=1S/C18H16ClN3O3S/c1-24-15-7-5-12(6-8-15)9-17-21-22-18(25-17)26-11-16(23)20-14-4-2-3-13(19)10-14/h2-8,10H,9,11H2,1H3,(H,20,23). The molecule has 0 spiro atoms. The molecular formula is C18H16ClN3O3S. The number of ether oxygens (including phenoxy) is 1. The van der Waals surface area contributed by atoms with Crippen molar-refractivity contribution in [1.29, 1.82) is 0 Å². The lowest BCUT2D eigenvalue weighted by atomic mass is 10.1. The Morgan fingerprint density at radius 2 is 2.04 bits per heavy atom. The summed E-state index contributed by atoms with van der Waals surface area (Å²) in [5.41, 5.74) is 1.68. The van der Waals surface area contributed by atoms with Crippen LogP contribution >= 0.6 is 23.4 Å². The molecule has 26 heavy (non-hydrogen) atoms. The molecule has 1 aromatic heterocycles. The zero-order valence-electron chi connectivity index (χ0n) is 13.9. The monoisotopic (exact) mass is 389 g/mol. The Balaban J connectivity index is 1.50. The number of thioether (sulfide) groups is 1. The summed E-state index contributed by atoms with van der Waals surface area (Å²) >= 11 is 7.07. The summed E-state index contributed by atoms with van der Waals surface area (Å²) in [6.45, 7) is 0. The van der Waals surface area contributed by atoms with Crippen molar-refractivity contribution in [3.63, 3.8) is 0 Å². The number of methoxy groups -OCH3 is 1. The summed E-state index contributed by atoms with van der Waals surface area (Å²) in [4.78, 5) is 12.0. The fourth-order valence-corrected chi connectivity index (χ4v) is 2.95. The van der Waals surface area contributed by atoms with Crippen molar-refractivity contribution in [1.82, 2.24) is 10.2 Å². The molecule has 1 N–H and O–H groups in total. The first-order chi connectivity index (χ1) is 12.6. The van der Waals surface area contributed by atoms with Crippen LogP contribution in [0.5, 0.6) is 5.75 Å². The van der Waals surface area contributed by atoms with E-state index in [0.717, 1.165) is 11.3 Å². The zero-order chi connectivity index (χ0) is 18.4. The molecular weight excluding hydrogens is 374 g/mol. The topological polar surface area (TPSA) is 77.2 Å². The van der Waals surface area contributed by atoms with Crippen molar-refractivity contribution in [3.8, 4) is 5.75 Å². The first-order valence-corrected chi connectivity index (χ1v) is 9.12. The van der Waals surface area contributed by atoms with E-state index in [9.17, 15) is 4.79 Å². The molecule has 3 rings (SSSR count). The first-order valence-electron chi connectivity index (χ1n) is 7.76. The fourth-order valence-electron chi connectivity index (χ4n) is 2.18. The minimum atomic E-state index is -0.174. The van der Waals surface area contributed by atoms with Crippen molar-refractivity contribution in [3.05, 3.63) is 65.0 Å². The lowest BCUT2D eigenvalue weighted by molar-refractivity contribution is -0.113. The van der Waals surface area contributed by atoms with Crippen LogP contribution in [0.2, 0.25) is 5.02 Å². The second kappa shape index (κ2) is 8.73. The smallest absolute Gasteiger partial charge is 0.277 e. The third kappa shape index (κ3) is 5.24. The Labute approximate surface area is 159 Å². The highest BCUT2D eigenvalue weighted by molar-refractivity contribution is 7.99. The van der Waals surface area contributed by atoms with E-state index in [2.05, 4.69) is 15.5 Å². The van der Waals surface area contributed by atoms with Gasteiger partial charge in [-0.2, -0.15) is 0 Å². The van der Waals surface area contributed by atoms with Crippen LogP contribution < -0.4 is 10.1 Å². The number of benzene rings is 2. The van der Waals surface area contributed by atoms with Crippen LogP contribution in [0.3, 0.4) is 0 Å². The van der Waals surface area contributed by atoms with E-state index in [-0.39, 0.29) is 11.7 Å². The van der Waals surface area contributed by atoms with E-state index in [4.69, 9.17) is 20.8 Å². The van der Waals surface area contributed by atoms with Gasteiger partial charge in [0.2, 0.25) is 11.8 Å². The molecule has 6 nitrogen and oxygen atoms in total. The van der Waals surface area contributed by atoms with Gasteiger partial charge in [-0.15, -0.1) is 10.2 Å². The second-order valence-electron chi connectivity index (χ2n) is 5.33. The number of rotatable bonds is 7. The molecule has 3 aromatic rings. The van der Waals surface area contributed by atoms with Crippen LogP contribution in [-0.4, -0.2) is 29.0 Å². The van der Waals surface area contributed by atoms with Crippen molar-refractivity contribution in [2.45, 2.75) is 11.6 Å². The van der Waals surface area contributed by atoms with Gasteiger partial charge in [0.15, 0.2) is 0 Å². The SMILES string of the molecule is COc1ccc(Cc2nnc(SCC(=O)Nc3cccc(Cl)c3)o2)cc1. The number of halogens is 1. The lowest BCUT2D eigenvalue weighted by Gasteiger charge is -2.03. The van der Waals surface area contributed by atoms with Gasteiger partial charge in [-0.1, -0.05) is 41.6 Å². The summed E-state index contributed by atoms with van der Waals surface area (Å²) in [6.07, 6.45) is 0.520. The fraction of sp³-hybridized carbons (Fsp3) is 0.167. The number of amides is 1. The van der Waals surface area contributed by atoms with Gasteiger partial charge < -0.3 is 14.5 Å². The summed E-state index contributed by atoms with van der Waals surface area (Å²) in [7, 11) is 1.62. The van der Waals surface area contributed by atoms with Crippen molar-refractivity contribution < 1.29 is 13.9 Å². The molecule has 0 radical (unpaired) electrons. The molecule has 8 heteroatoms. The number of aromatic nitrogens is 2. The molecule has 1 amide bonds. The van der Waals surface area contributed by atoms with E-state index in [0.29, 0.717) is 28.2 Å². The van der Waals surface area contributed by atoms with Gasteiger partial charge in [0.25, 0.3) is 5.22 Å². The van der Waals surface area contributed by atoms with Crippen LogP contribution in [0.4, 0.5) is 5.69 Å². The molecule has 0 unspecified atom stereocenters. The molecule has 0 saturated carbocycles. The molecule has 0 aliphatic carbocycles. The van der Waals surface area contributed by atoms with Gasteiger partial charge in [-0.05, 0) is 35.9 Å². The second-order valence-corrected chi connectivity index (χ2v) is 6.70. The quantitative estimate of drug-likeness (QED) is 0.614. The largest absolute Gasteiger partial charge is 0.497 e. The Hall–Kier alpha value is -2.51. The number of nitrogens with zero attached hydrogens (tertiary/aromatic N) is 2. The van der Waals surface area contributed by atoms with Crippen molar-refractivity contribution in [2.75, 3.05) is 18.2 Å². The average molecular weight is 390 g/mol. The minimum absolute atomic E-state index is 0.163. The van der Waals surface area contributed by atoms with E-state index < -0.39 is 0 Å². The maximum Gasteiger partial charge on any atom is 0.277 e. The predicted molar refractivity (Wildman–Crippen MR) is 101 cm³/mol. The first kappa shape index (κ1) is 18.3. The number of anilines is 1. The lowest BCUT2D eigenvalue weighted by Crippen LogP contribution is -2.13. The number of nitrogens with one attached hydrogen (secondary N) is 1. The minimum Gasteiger partial charge on any atom is -0.497 e. The average Bonchev–Trinajstić information content (AvgIpc) is 3.08.